The highest BCUT2D eigenvalue weighted by Crippen LogP contribution is 2.22. The van der Waals surface area contributed by atoms with Crippen LogP contribution in [0.1, 0.15) is 62.0 Å². The molecule has 1 heterocycles. The Bertz CT molecular complexity index is 732. The molecule has 5 nitrogen and oxygen atoms in total. The molecule has 0 aliphatic carbocycles. The van der Waals surface area contributed by atoms with E-state index in [1.807, 2.05) is 27.7 Å². The van der Waals surface area contributed by atoms with Crippen molar-refractivity contribution in [3.8, 4) is 0 Å². The van der Waals surface area contributed by atoms with Crippen molar-refractivity contribution in [1.29, 1.82) is 0 Å². The summed E-state index contributed by atoms with van der Waals surface area (Å²) in [6.07, 6.45) is -0.436. The van der Waals surface area contributed by atoms with Gasteiger partial charge in [-0.25, -0.2) is 4.39 Å². The highest BCUT2D eigenvalue weighted by molar-refractivity contribution is 5.92. The summed E-state index contributed by atoms with van der Waals surface area (Å²) in [5.41, 5.74) is 1.81. The first-order chi connectivity index (χ1) is 11.6. The van der Waals surface area contributed by atoms with Gasteiger partial charge >= 0.3 is 0 Å². The molecule has 6 heteroatoms. The molecule has 0 fully saturated rings. The molecule has 2 atom stereocenters. The Morgan fingerprint density at radius 1 is 1.32 bits per heavy atom. The molecule has 25 heavy (non-hydrogen) atoms. The van der Waals surface area contributed by atoms with Crippen molar-refractivity contribution >= 4 is 5.91 Å². The van der Waals surface area contributed by atoms with Gasteiger partial charge in [-0.15, -0.1) is 0 Å². The molecule has 0 saturated heterocycles. The van der Waals surface area contributed by atoms with E-state index in [9.17, 15) is 14.3 Å². The third kappa shape index (κ3) is 4.89. The molecular formula is C19H26FN3O2. The molecule has 2 unspecified atom stereocenters. The van der Waals surface area contributed by atoms with Crippen LogP contribution in [-0.2, 0) is 12.5 Å². The highest BCUT2D eigenvalue weighted by Gasteiger charge is 2.23. The summed E-state index contributed by atoms with van der Waals surface area (Å²) in [7, 11) is 1.74. The average Bonchev–Trinajstić information content (AvgIpc) is 2.90. The van der Waals surface area contributed by atoms with Crippen LogP contribution in [-0.4, -0.2) is 26.8 Å². The number of benzene rings is 1. The van der Waals surface area contributed by atoms with Gasteiger partial charge in [0.2, 0.25) is 0 Å². The molecule has 1 aromatic carbocycles. The third-order valence-corrected chi connectivity index (χ3v) is 4.09. The predicted octanol–water partition coefficient (Wildman–Crippen LogP) is 3.10. The Kier molecular flexibility index (Phi) is 5.62. The maximum atomic E-state index is 12.9. The molecule has 1 amide bonds. The Labute approximate surface area is 147 Å². The quantitative estimate of drug-likeness (QED) is 0.873. The van der Waals surface area contributed by atoms with Crippen LogP contribution in [0.4, 0.5) is 4.39 Å². The standard InChI is InChI=1S/C19H26FN3O2/c1-12(10-16(24)13-6-8-14(20)9-7-13)21-18(25)15-11-17(19(2,3)4)22-23(15)5/h6-9,11-12,16,24H,10H2,1-5H3,(H,21,25). The number of hydrogen-bond acceptors (Lipinski definition) is 3. The van der Waals surface area contributed by atoms with Crippen molar-refractivity contribution in [2.24, 2.45) is 7.05 Å². The van der Waals surface area contributed by atoms with Crippen LogP contribution in [0.2, 0.25) is 0 Å². The van der Waals surface area contributed by atoms with Gasteiger partial charge in [0.1, 0.15) is 11.5 Å². The molecule has 2 rings (SSSR count). The van der Waals surface area contributed by atoms with Gasteiger partial charge in [0.15, 0.2) is 0 Å². The van der Waals surface area contributed by atoms with Gasteiger partial charge in [-0.2, -0.15) is 5.10 Å². The van der Waals surface area contributed by atoms with Crippen molar-refractivity contribution < 1.29 is 14.3 Å². The number of amides is 1. The van der Waals surface area contributed by atoms with Crippen LogP contribution in [0.25, 0.3) is 0 Å². The number of aryl methyl sites for hydroxylation is 1. The summed E-state index contributed by atoms with van der Waals surface area (Å²) < 4.78 is 14.5. The number of aliphatic hydroxyl groups is 1. The lowest BCUT2D eigenvalue weighted by Crippen LogP contribution is -2.34. The minimum absolute atomic E-state index is 0.138. The van der Waals surface area contributed by atoms with E-state index in [-0.39, 0.29) is 23.2 Å². The number of hydrogen-bond donors (Lipinski definition) is 2. The summed E-state index contributed by atoms with van der Waals surface area (Å²) in [6, 6.07) is 7.26. The molecule has 0 saturated carbocycles. The first kappa shape index (κ1) is 19.1. The van der Waals surface area contributed by atoms with Gasteiger partial charge in [0.25, 0.3) is 5.91 Å². The fourth-order valence-corrected chi connectivity index (χ4v) is 2.56. The molecule has 0 radical (unpaired) electrons. The van der Waals surface area contributed by atoms with Crippen LogP contribution in [0.5, 0.6) is 0 Å². The first-order valence-corrected chi connectivity index (χ1v) is 8.37. The van der Waals surface area contributed by atoms with E-state index in [0.29, 0.717) is 17.7 Å². The fraction of sp³-hybridized carbons (Fsp3) is 0.474. The number of nitrogens with one attached hydrogen (secondary N) is 1. The fourth-order valence-electron chi connectivity index (χ4n) is 2.56. The lowest BCUT2D eigenvalue weighted by atomic mass is 9.92. The largest absolute Gasteiger partial charge is 0.388 e. The zero-order valence-electron chi connectivity index (χ0n) is 15.4. The second-order valence-electron chi connectivity index (χ2n) is 7.47. The summed E-state index contributed by atoms with van der Waals surface area (Å²) in [5, 5.41) is 17.5. The van der Waals surface area contributed by atoms with Gasteiger partial charge in [-0.05, 0) is 37.1 Å². The van der Waals surface area contributed by atoms with Crippen LogP contribution in [0.3, 0.4) is 0 Å². The van der Waals surface area contributed by atoms with E-state index >= 15 is 0 Å². The number of halogens is 1. The second-order valence-corrected chi connectivity index (χ2v) is 7.47. The lowest BCUT2D eigenvalue weighted by Gasteiger charge is -2.18. The molecular weight excluding hydrogens is 321 g/mol. The van der Waals surface area contributed by atoms with Crippen molar-refractivity contribution in [1.82, 2.24) is 15.1 Å². The lowest BCUT2D eigenvalue weighted by molar-refractivity contribution is 0.0907. The van der Waals surface area contributed by atoms with Crippen LogP contribution < -0.4 is 5.32 Å². The summed E-state index contributed by atoms with van der Waals surface area (Å²) in [6.45, 7) is 7.95. The molecule has 0 aliphatic rings. The van der Waals surface area contributed by atoms with Crippen LogP contribution in [0, 0.1) is 5.82 Å². The van der Waals surface area contributed by atoms with E-state index in [0.717, 1.165) is 5.69 Å². The minimum atomic E-state index is -0.771. The van der Waals surface area contributed by atoms with Gasteiger partial charge < -0.3 is 10.4 Å². The number of rotatable bonds is 5. The molecule has 0 bridgehead atoms. The van der Waals surface area contributed by atoms with Crippen molar-refractivity contribution in [2.75, 3.05) is 0 Å². The summed E-state index contributed by atoms with van der Waals surface area (Å²) in [5.74, 6) is -0.576. The van der Waals surface area contributed by atoms with Crippen molar-refractivity contribution in [3.05, 3.63) is 53.1 Å². The number of nitrogens with zero attached hydrogens (tertiary/aromatic N) is 2. The molecule has 136 valence electrons. The monoisotopic (exact) mass is 347 g/mol. The molecule has 2 N–H and O–H groups in total. The summed E-state index contributed by atoms with van der Waals surface area (Å²) in [4.78, 5) is 12.5. The maximum Gasteiger partial charge on any atom is 0.269 e. The average molecular weight is 347 g/mol. The topological polar surface area (TPSA) is 67.2 Å². The highest BCUT2D eigenvalue weighted by atomic mass is 19.1. The molecule has 1 aromatic heterocycles. The van der Waals surface area contributed by atoms with Gasteiger partial charge in [-0.3, -0.25) is 9.48 Å². The Morgan fingerprint density at radius 3 is 2.44 bits per heavy atom. The van der Waals surface area contributed by atoms with Crippen molar-refractivity contribution in [3.63, 3.8) is 0 Å². The van der Waals surface area contributed by atoms with Crippen LogP contribution >= 0.6 is 0 Å². The Balaban J connectivity index is 2.00. The van der Waals surface area contributed by atoms with Crippen molar-refractivity contribution in [2.45, 2.75) is 51.7 Å². The number of aromatic nitrogens is 2. The third-order valence-electron chi connectivity index (χ3n) is 4.09. The van der Waals surface area contributed by atoms with E-state index in [1.165, 1.54) is 12.1 Å². The van der Waals surface area contributed by atoms with E-state index < -0.39 is 6.10 Å². The van der Waals surface area contributed by atoms with Gasteiger partial charge in [0, 0.05) is 18.5 Å². The van der Waals surface area contributed by atoms with E-state index in [1.54, 1.807) is 29.9 Å². The Morgan fingerprint density at radius 2 is 1.92 bits per heavy atom. The zero-order chi connectivity index (χ0) is 18.8. The minimum Gasteiger partial charge on any atom is -0.388 e. The van der Waals surface area contributed by atoms with Gasteiger partial charge in [-0.1, -0.05) is 32.9 Å². The number of carbonyl (C=O) groups is 1. The van der Waals surface area contributed by atoms with E-state index in [2.05, 4.69) is 10.4 Å². The zero-order valence-corrected chi connectivity index (χ0v) is 15.4. The predicted molar refractivity (Wildman–Crippen MR) is 94.8 cm³/mol. The van der Waals surface area contributed by atoms with Gasteiger partial charge in [0.05, 0.1) is 11.8 Å². The molecule has 0 spiro atoms. The Hall–Kier alpha value is -2.21. The SMILES string of the molecule is CC(CC(O)c1ccc(F)cc1)NC(=O)c1cc(C(C)(C)C)nn1C. The van der Waals surface area contributed by atoms with E-state index in [4.69, 9.17) is 0 Å². The molecule has 2 aromatic rings. The normalized spacial score (nSPS) is 14.2. The number of aliphatic hydroxyl groups excluding tert-OH is 1. The summed E-state index contributed by atoms with van der Waals surface area (Å²) >= 11 is 0. The number of carbonyl (C=O) groups excluding carboxylic acids is 1. The maximum absolute atomic E-state index is 12.9. The van der Waals surface area contributed by atoms with Crippen LogP contribution in [0.15, 0.2) is 30.3 Å². The second kappa shape index (κ2) is 7.35. The smallest absolute Gasteiger partial charge is 0.269 e. The molecule has 0 aliphatic heterocycles. The first-order valence-electron chi connectivity index (χ1n) is 8.37.